The number of nitrogens with one attached hydrogen (secondary N) is 1. The predicted molar refractivity (Wildman–Crippen MR) is 80.0 cm³/mol. The molecule has 2 unspecified atom stereocenters. The van der Waals surface area contributed by atoms with Crippen LogP contribution >= 0.6 is 11.3 Å². The van der Waals surface area contributed by atoms with E-state index in [2.05, 4.69) is 11.6 Å². The van der Waals surface area contributed by atoms with Gasteiger partial charge < -0.3 is 0 Å². The maximum atomic E-state index is 12.1. The van der Waals surface area contributed by atoms with Crippen LogP contribution in [-0.2, 0) is 10.0 Å². The summed E-state index contributed by atoms with van der Waals surface area (Å²) in [5.41, 5.74) is 0. The molecular weight excluding hydrogens is 278 g/mol. The smallest absolute Gasteiger partial charge is 0.210 e. The van der Waals surface area contributed by atoms with Gasteiger partial charge in [0.2, 0.25) is 10.0 Å². The molecule has 2 rings (SSSR count). The normalized spacial score (nSPS) is 24.5. The average molecular weight is 301 g/mol. The molecule has 1 saturated carbocycles. The molecule has 0 amide bonds. The first-order chi connectivity index (χ1) is 8.99. The zero-order chi connectivity index (χ0) is 13.9. The zero-order valence-electron chi connectivity index (χ0n) is 11.7. The SMILES string of the molecule is Cc1ccc(S(=O)(=O)NCCC2CCCCC2C)s1. The van der Waals surface area contributed by atoms with E-state index in [0.717, 1.165) is 17.2 Å². The highest BCUT2D eigenvalue weighted by molar-refractivity contribution is 7.91. The maximum absolute atomic E-state index is 12.1. The number of thiophene rings is 1. The van der Waals surface area contributed by atoms with Crippen LogP contribution in [0.3, 0.4) is 0 Å². The van der Waals surface area contributed by atoms with Crippen molar-refractivity contribution in [3.05, 3.63) is 17.0 Å². The standard InChI is InChI=1S/C14H23NO2S2/c1-11-5-3-4-6-13(11)9-10-15-19(16,17)14-8-7-12(2)18-14/h7-8,11,13,15H,3-6,9-10H2,1-2H3. The highest BCUT2D eigenvalue weighted by atomic mass is 32.2. The third kappa shape index (κ3) is 4.04. The first kappa shape index (κ1) is 15.0. The van der Waals surface area contributed by atoms with Crippen LogP contribution in [-0.4, -0.2) is 15.0 Å². The summed E-state index contributed by atoms with van der Waals surface area (Å²) < 4.78 is 27.3. The van der Waals surface area contributed by atoms with Crippen molar-refractivity contribution in [1.29, 1.82) is 0 Å². The lowest BCUT2D eigenvalue weighted by Gasteiger charge is -2.28. The van der Waals surface area contributed by atoms with Crippen molar-refractivity contribution in [3.8, 4) is 0 Å². The lowest BCUT2D eigenvalue weighted by molar-refractivity contribution is 0.243. The van der Waals surface area contributed by atoms with Crippen LogP contribution in [0.5, 0.6) is 0 Å². The molecule has 1 heterocycles. The van der Waals surface area contributed by atoms with Crippen LogP contribution < -0.4 is 4.72 Å². The van der Waals surface area contributed by atoms with Crippen molar-refractivity contribution in [3.63, 3.8) is 0 Å². The van der Waals surface area contributed by atoms with E-state index in [9.17, 15) is 8.42 Å². The molecule has 0 aromatic carbocycles. The fraction of sp³-hybridized carbons (Fsp3) is 0.714. The quantitative estimate of drug-likeness (QED) is 0.904. The number of aryl methyl sites for hydroxylation is 1. The van der Waals surface area contributed by atoms with Gasteiger partial charge in [-0.2, -0.15) is 0 Å². The molecule has 1 aliphatic rings. The second kappa shape index (κ2) is 6.37. The summed E-state index contributed by atoms with van der Waals surface area (Å²) in [6, 6.07) is 3.54. The molecule has 0 spiro atoms. The number of sulfonamides is 1. The van der Waals surface area contributed by atoms with Gasteiger partial charge in [0.25, 0.3) is 0 Å². The molecule has 1 N–H and O–H groups in total. The molecule has 0 aliphatic heterocycles. The van der Waals surface area contributed by atoms with E-state index in [1.807, 2.05) is 13.0 Å². The van der Waals surface area contributed by atoms with E-state index >= 15 is 0 Å². The summed E-state index contributed by atoms with van der Waals surface area (Å²) in [5, 5.41) is 0. The van der Waals surface area contributed by atoms with Gasteiger partial charge in [-0.25, -0.2) is 13.1 Å². The van der Waals surface area contributed by atoms with Gasteiger partial charge in [0, 0.05) is 11.4 Å². The van der Waals surface area contributed by atoms with Crippen molar-refractivity contribution in [1.82, 2.24) is 4.72 Å². The van der Waals surface area contributed by atoms with Crippen molar-refractivity contribution >= 4 is 21.4 Å². The lowest BCUT2D eigenvalue weighted by atomic mass is 9.79. The highest BCUT2D eigenvalue weighted by Gasteiger charge is 2.22. The molecular formula is C14H23NO2S2. The highest BCUT2D eigenvalue weighted by Crippen LogP contribution is 2.31. The number of hydrogen-bond acceptors (Lipinski definition) is 3. The average Bonchev–Trinajstić information content (AvgIpc) is 2.79. The Morgan fingerprint density at radius 2 is 2.05 bits per heavy atom. The van der Waals surface area contributed by atoms with Gasteiger partial charge in [0.1, 0.15) is 4.21 Å². The van der Waals surface area contributed by atoms with E-state index in [0.29, 0.717) is 16.7 Å². The Hall–Kier alpha value is -0.390. The summed E-state index contributed by atoms with van der Waals surface area (Å²) in [5.74, 6) is 1.42. The molecule has 3 nitrogen and oxygen atoms in total. The van der Waals surface area contributed by atoms with Gasteiger partial charge >= 0.3 is 0 Å². The fourth-order valence-corrected chi connectivity index (χ4v) is 5.20. The van der Waals surface area contributed by atoms with Gasteiger partial charge in [0.15, 0.2) is 0 Å². The topological polar surface area (TPSA) is 46.2 Å². The van der Waals surface area contributed by atoms with Gasteiger partial charge in [-0.3, -0.25) is 0 Å². The minimum atomic E-state index is -3.29. The molecule has 0 radical (unpaired) electrons. The van der Waals surface area contributed by atoms with E-state index < -0.39 is 10.0 Å². The van der Waals surface area contributed by atoms with Crippen molar-refractivity contribution in [2.75, 3.05) is 6.54 Å². The van der Waals surface area contributed by atoms with Crippen LogP contribution in [0.15, 0.2) is 16.3 Å². The summed E-state index contributed by atoms with van der Waals surface area (Å²) in [7, 11) is -3.29. The zero-order valence-corrected chi connectivity index (χ0v) is 13.3. The molecule has 0 bridgehead atoms. The van der Waals surface area contributed by atoms with Crippen LogP contribution in [0.4, 0.5) is 0 Å². The van der Waals surface area contributed by atoms with Crippen LogP contribution in [0, 0.1) is 18.8 Å². The van der Waals surface area contributed by atoms with Crippen LogP contribution in [0.25, 0.3) is 0 Å². The first-order valence-corrected chi connectivity index (χ1v) is 9.35. The van der Waals surface area contributed by atoms with Gasteiger partial charge in [-0.15, -0.1) is 11.3 Å². The Morgan fingerprint density at radius 3 is 2.68 bits per heavy atom. The predicted octanol–water partition coefficient (Wildman–Crippen LogP) is 3.55. The third-order valence-corrected chi connectivity index (χ3v) is 7.03. The van der Waals surface area contributed by atoms with Gasteiger partial charge in [-0.05, 0) is 37.3 Å². The van der Waals surface area contributed by atoms with E-state index in [4.69, 9.17) is 0 Å². The Balaban J connectivity index is 1.85. The third-order valence-electron chi connectivity index (χ3n) is 4.08. The maximum Gasteiger partial charge on any atom is 0.250 e. The molecule has 1 aliphatic carbocycles. The van der Waals surface area contributed by atoms with E-state index in [1.54, 1.807) is 6.07 Å². The van der Waals surface area contributed by atoms with Crippen molar-refractivity contribution in [2.24, 2.45) is 11.8 Å². The monoisotopic (exact) mass is 301 g/mol. The fourth-order valence-electron chi connectivity index (χ4n) is 2.83. The summed E-state index contributed by atoms with van der Waals surface area (Å²) in [4.78, 5) is 1.03. The molecule has 5 heteroatoms. The van der Waals surface area contributed by atoms with Crippen molar-refractivity contribution in [2.45, 2.75) is 50.2 Å². The molecule has 19 heavy (non-hydrogen) atoms. The minimum absolute atomic E-state index is 0.432. The van der Waals surface area contributed by atoms with E-state index in [1.165, 1.54) is 37.0 Å². The largest absolute Gasteiger partial charge is 0.250 e. The lowest BCUT2D eigenvalue weighted by Crippen LogP contribution is -2.27. The van der Waals surface area contributed by atoms with Crippen LogP contribution in [0.1, 0.15) is 43.9 Å². The van der Waals surface area contributed by atoms with Gasteiger partial charge in [-0.1, -0.05) is 32.6 Å². The molecule has 1 fully saturated rings. The molecule has 1 aromatic heterocycles. The Bertz CT molecular complexity index is 507. The molecule has 108 valence electrons. The summed E-state index contributed by atoms with van der Waals surface area (Å²) in [6.45, 7) is 4.78. The van der Waals surface area contributed by atoms with Gasteiger partial charge in [0.05, 0.1) is 0 Å². The second-order valence-corrected chi connectivity index (χ2v) is 8.86. The summed E-state index contributed by atoms with van der Waals surface area (Å²) >= 11 is 1.33. The number of rotatable bonds is 5. The molecule has 2 atom stereocenters. The van der Waals surface area contributed by atoms with Crippen LogP contribution in [0.2, 0.25) is 0 Å². The summed E-state index contributed by atoms with van der Waals surface area (Å²) in [6.07, 6.45) is 6.14. The Kier molecular flexibility index (Phi) is 5.03. The first-order valence-electron chi connectivity index (χ1n) is 7.05. The van der Waals surface area contributed by atoms with Crippen molar-refractivity contribution < 1.29 is 8.42 Å². The van der Waals surface area contributed by atoms with E-state index in [-0.39, 0.29) is 0 Å². The Morgan fingerprint density at radius 1 is 1.32 bits per heavy atom. The number of hydrogen-bond donors (Lipinski definition) is 1. The second-order valence-electron chi connectivity index (χ2n) is 5.57. The minimum Gasteiger partial charge on any atom is -0.210 e. The molecule has 1 aromatic rings. The Labute approximate surface area is 120 Å². The molecule has 0 saturated heterocycles.